The summed E-state index contributed by atoms with van der Waals surface area (Å²) in [5.41, 5.74) is 5.74. The second-order valence-corrected chi connectivity index (χ2v) is 12.5. The lowest BCUT2D eigenvalue weighted by atomic mass is 9.89. The zero-order chi connectivity index (χ0) is 26.3. The van der Waals surface area contributed by atoms with Gasteiger partial charge in [-0.15, -0.1) is 0 Å². The second-order valence-electron chi connectivity index (χ2n) is 10.2. The summed E-state index contributed by atoms with van der Waals surface area (Å²) >= 11 is 0. The molecule has 0 spiro atoms. The molecule has 1 aromatic heterocycles. The molecule has 0 atom stereocenters. The molecule has 0 aliphatic carbocycles. The van der Waals surface area contributed by atoms with Crippen LogP contribution in [0.15, 0.2) is 48.7 Å². The van der Waals surface area contributed by atoms with Crippen molar-refractivity contribution >= 4 is 26.8 Å². The molecular formula is C30H41N3O3S. The van der Waals surface area contributed by atoms with Crippen LogP contribution in [-0.4, -0.2) is 42.5 Å². The highest BCUT2D eigenvalue weighted by Gasteiger charge is 2.28. The Morgan fingerprint density at radius 1 is 1.00 bits per heavy atom. The molecule has 37 heavy (non-hydrogen) atoms. The van der Waals surface area contributed by atoms with Gasteiger partial charge < -0.3 is 10.3 Å². The van der Waals surface area contributed by atoms with Crippen molar-refractivity contribution in [2.24, 2.45) is 0 Å². The number of hydrogen-bond donors (Lipinski definition) is 2. The molecule has 2 N–H and O–H groups in total. The van der Waals surface area contributed by atoms with E-state index in [1.807, 2.05) is 6.07 Å². The molecule has 200 valence electrons. The van der Waals surface area contributed by atoms with Crippen LogP contribution in [0.3, 0.4) is 0 Å². The smallest absolute Gasteiger partial charge is 0.220 e. The molecule has 6 nitrogen and oxygen atoms in total. The van der Waals surface area contributed by atoms with E-state index in [-0.39, 0.29) is 11.7 Å². The molecule has 2 heterocycles. The van der Waals surface area contributed by atoms with E-state index in [0.717, 1.165) is 47.9 Å². The number of carbonyl (C=O) groups is 1. The van der Waals surface area contributed by atoms with Gasteiger partial charge in [-0.2, -0.15) is 0 Å². The van der Waals surface area contributed by atoms with E-state index in [2.05, 4.69) is 59.8 Å². The standard InChI is InChI=1S/C30H41N3O3S/c1-3-5-6-7-8-12-30(34)32-21-23-10-9-11-25(19-23)26-13-14-29-27(20-26)28(22-31-29)24-15-17-33(18-16-24)37(35,36)4-2/h9-11,13-14,19-20,22,24,31H,3-8,12,15-18,21H2,1-2H3,(H,32,34). The molecule has 1 amide bonds. The van der Waals surface area contributed by atoms with E-state index in [4.69, 9.17) is 0 Å². The van der Waals surface area contributed by atoms with Crippen molar-refractivity contribution < 1.29 is 13.2 Å². The second kappa shape index (κ2) is 12.7. The van der Waals surface area contributed by atoms with Gasteiger partial charge in [-0.3, -0.25) is 4.79 Å². The highest BCUT2D eigenvalue weighted by atomic mass is 32.2. The molecule has 0 radical (unpaired) electrons. The molecule has 7 heteroatoms. The zero-order valence-electron chi connectivity index (χ0n) is 22.3. The normalized spacial score (nSPS) is 15.3. The molecule has 1 fully saturated rings. The molecule has 3 aromatic rings. The van der Waals surface area contributed by atoms with Gasteiger partial charge in [0.05, 0.1) is 5.75 Å². The Bertz CT molecular complexity index is 1290. The summed E-state index contributed by atoms with van der Waals surface area (Å²) in [5.74, 6) is 0.629. The maximum Gasteiger partial charge on any atom is 0.220 e. The van der Waals surface area contributed by atoms with Crippen molar-refractivity contribution in [1.29, 1.82) is 0 Å². The predicted octanol–water partition coefficient (Wildman–Crippen LogP) is 6.34. The maximum atomic E-state index is 12.3. The Kier molecular flexibility index (Phi) is 9.43. The van der Waals surface area contributed by atoms with Crippen LogP contribution in [0.2, 0.25) is 0 Å². The number of hydrogen-bond acceptors (Lipinski definition) is 3. The average molecular weight is 524 g/mol. The Morgan fingerprint density at radius 2 is 1.76 bits per heavy atom. The Morgan fingerprint density at radius 3 is 2.51 bits per heavy atom. The van der Waals surface area contributed by atoms with Crippen molar-refractivity contribution in [1.82, 2.24) is 14.6 Å². The van der Waals surface area contributed by atoms with Crippen LogP contribution >= 0.6 is 0 Å². The van der Waals surface area contributed by atoms with E-state index >= 15 is 0 Å². The molecule has 4 rings (SSSR count). The van der Waals surface area contributed by atoms with Crippen LogP contribution < -0.4 is 5.32 Å². The van der Waals surface area contributed by atoms with Gasteiger partial charge in [-0.1, -0.05) is 56.9 Å². The highest BCUT2D eigenvalue weighted by Crippen LogP contribution is 2.35. The highest BCUT2D eigenvalue weighted by molar-refractivity contribution is 7.89. The number of aromatic nitrogens is 1. The Balaban J connectivity index is 1.41. The number of sulfonamides is 1. The summed E-state index contributed by atoms with van der Waals surface area (Å²) in [6, 6.07) is 14.9. The van der Waals surface area contributed by atoms with Gasteiger partial charge in [0.15, 0.2) is 0 Å². The number of nitrogens with one attached hydrogen (secondary N) is 2. The van der Waals surface area contributed by atoms with E-state index < -0.39 is 10.0 Å². The first-order valence-electron chi connectivity index (χ1n) is 13.9. The van der Waals surface area contributed by atoms with Gasteiger partial charge in [-0.05, 0) is 72.6 Å². The molecule has 1 aliphatic rings. The minimum absolute atomic E-state index is 0.123. The number of piperidine rings is 1. The average Bonchev–Trinajstić information content (AvgIpc) is 3.35. The summed E-state index contributed by atoms with van der Waals surface area (Å²) in [6.45, 7) is 5.61. The van der Waals surface area contributed by atoms with Gasteiger partial charge >= 0.3 is 0 Å². The fourth-order valence-electron chi connectivity index (χ4n) is 5.33. The number of aromatic amines is 1. The maximum absolute atomic E-state index is 12.3. The van der Waals surface area contributed by atoms with E-state index in [0.29, 0.717) is 32.0 Å². The lowest BCUT2D eigenvalue weighted by Crippen LogP contribution is -2.38. The van der Waals surface area contributed by atoms with Crippen LogP contribution in [0.4, 0.5) is 0 Å². The van der Waals surface area contributed by atoms with Gasteiger partial charge in [0.1, 0.15) is 0 Å². The summed E-state index contributed by atoms with van der Waals surface area (Å²) in [6.07, 6.45) is 10.1. The van der Waals surface area contributed by atoms with Crippen molar-refractivity contribution in [2.75, 3.05) is 18.8 Å². The van der Waals surface area contributed by atoms with Crippen LogP contribution in [0, 0.1) is 0 Å². The Hall–Kier alpha value is -2.64. The summed E-state index contributed by atoms with van der Waals surface area (Å²) < 4.78 is 26.1. The molecule has 0 unspecified atom stereocenters. The first kappa shape index (κ1) is 27.4. The molecule has 2 aromatic carbocycles. The largest absolute Gasteiger partial charge is 0.361 e. The monoisotopic (exact) mass is 523 g/mol. The third-order valence-electron chi connectivity index (χ3n) is 7.62. The topological polar surface area (TPSA) is 82.3 Å². The summed E-state index contributed by atoms with van der Waals surface area (Å²) in [7, 11) is -3.12. The third-order valence-corrected chi connectivity index (χ3v) is 9.50. The fraction of sp³-hybridized carbons (Fsp3) is 0.500. The summed E-state index contributed by atoms with van der Waals surface area (Å²) in [5, 5.41) is 4.28. The first-order valence-corrected chi connectivity index (χ1v) is 15.5. The van der Waals surface area contributed by atoms with Gasteiger partial charge in [0, 0.05) is 43.2 Å². The minimum atomic E-state index is -3.12. The van der Waals surface area contributed by atoms with Crippen LogP contribution in [0.25, 0.3) is 22.0 Å². The van der Waals surface area contributed by atoms with E-state index in [1.54, 1.807) is 11.2 Å². The number of benzene rings is 2. The van der Waals surface area contributed by atoms with Crippen molar-refractivity contribution in [3.8, 4) is 11.1 Å². The molecule has 0 saturated carbocycles. The number of amides is 1. The minimum Gasteiger partial charge on any atom is -0.361 e. The predicted molar refractivity (Wildman–Crippen MR) is 152 cm³/mol. The van der Waals surface area contributed by atoms with Gasteiger partial charge in [0.25, 0.3) is 0 Å². The van der Waals surface area contributed by atoms with Crippen LogP contribution in [-0.2, 0) is 21.4 Å². The van der Waals surface area contributed by atoms with Crippen molar-refractivity contribution in [3.63, 3.8) is 0 Å². The number of carbonyl (C=O) groups excluding carboxylic acids is 1. The number of H-pyrrole nitrogens is 1. The lowest BCUT2D eigenvalue weighted by molar-refractivity contribution is -0.121. The van der Waals surface area contributed by atoms with Crippen molar-refractivity contribution in [2.45, 2.75) is 77.7 Å². The van der Waals surface area contributed by atoms with Gasteiger partial charge in [-0.25, -0.2) is 12.7 Å². The number of unbranched alkanes of at least 4 members (excludes halogenated alkanes) is 4. The summed E-state index contributed by atoms with van der Waals surface area (Å²) in [4.78, 5) is 15.7. The third kappa shape index (κ3) is 7.02. The van der Waals surface area contributed by atoms with E-state index in [1.165, 1.54) is 30.2 Å². The first-order chi connectivity index (χ1) is 17.9. The fourth-order valence-corrected chi connectivity index (χ4v) is 6.46. The molecule has 0 bridgehead atoms. The van der Waals surface area contributed by atoms with E-state index in [9.17, 15) is 13.2 Å². The number of nitrogens with zero attached hydrogens (tertiary/aromatic N) is 1. The molecular weight excluding hydrogens is 482 g/mol. The number of fused-ring (bicyclic) bond motifs is 1. The van der Waals surface area contributed by atoms with Crippen LogP contribution in [0.5, 0.6) is 0 Å². The van der Waals surface area contributed by atoms with Gasteiger partial charge in [0.2, 0.25) is 15.9 Å². The quantitative estimate of drug-likeness (QED) is 0.272. The molecule has 1 aliphatic heterocycles. The zero-order valence-corrected chi connectivity index (χ0v) is 23.1. The SMILES string of the molecule is CCCCCCCC(=O)NCc1cccc(-c2ccc3[nH]cc(C4CCN(S(=O)(=O)CC)CC4)c3c2)c1. The number of rotatable bonds is 12. The van der Waals surface area contributed by atoms with Crippen molar-refractivity contribution in [3.05, 3.63) is 59.8 Å². The Labute approximate surface area is 221 Å². The van der Waals surface area contributed by atoms with Crippen LogP contribution in [0.1, 0.15) is 82.3 Å². The molecule has 1 saturated heterocycles. The lowest BCUT2D eigenvalue weighted by Gasteiger charge is -2.30.